The summed E-state index contributed by atoms with van der Waals surface area (Å²) in [6.45, 7) is 1.65. The molecule has 1 aromatic rings. The molecule has 0 bridgehead atoms. The zero-order valence-corrected chi connectivity index (χ0v) is 8.60. The molecule has 2 nitrogen and oxygen atoms in total. The van der Waals surface area contributed by atoms with Crippen molar-refractivity contribution in [2.75, 3.05) is 0 Å². The second kappa shape index (κ2) is 4.53. The van der Waals surface area contributed by atoms with Gasteiger partial charge in [0.1, 0.15) is 5.25 Å². The molecule has 0 aliphatic rings. The summed E-state index contributed by atoms with van der Waals surface area (Å²) in [7, 11) is 0. The highest BCUT2D eigenvalue weighted by Gasteiger charge is 2.11. The molecule has 0 aliphatic carbocycles. The van der Waals surface area contributed by atoms with E-state index in [-0.39, 0.29) is 0 Å². The third kappa shape index (κ3) is 3.28. The molecule has 0 heterocycles. The molecule has 0 saturated carbocycles. The van der Waals surface area contributed by atoms with Crippen molar-refractivity contribution in [3.05, 3.63) is 29.3 Å². The summed E-state index contributed by atoms with van der Waals surface area (Å²) in [5.41, 5.74) is 0. The van der Waals surface area contributed by atoms with Crippen molar-refractivity contribution >= 4 is 29.3 Å². The minimum absolute atomic E-state index is 0.429. The van der Waals surface area contributed by atoms with E-state index in [0.717, 1.165) is 4.90 Å². The Bertz CT molecular complexity index is 297. The molecule has 0 unspecified atom stereocenters. The molecule has 70 valence electrons. The molecule has 0 saturated heterocycles. The van der Waals surface area contributed by atoms with Crippen LogP contribution in [-0.4, -0.2) is 16.3 Å². The van der Waals surface area contributed by atoms with Gasteiger partial charge in [-0.2, -0.15) is 0 Å². The van der Waals surface area contributed by atoms with Crippen molar-refractivity contribution in [1.29, 1.82) is 0 Å². The van der Waals surface area contributed by atoms with Crippen LogP contribution in [0.25, 0.3) is 0 Å². The molecule has 0 radical (unpaired) electrons. The fraction of sp³-hybridized carbons (Fsp3) is 0.222. The highest BCUT2D eigenvalue weighted by Crippen LogP contribution is 2.24. The Morgan fingerprint density at radius 1 is 1.46 bits per heavy atom. The zero-order chi connectivity index (χ0) is 9.84. The van der Waals surface area contributed by atoms with E-state index in [9.17, 15) is 4.79 Å². The smallest absolute Gasteiger partial charge is 0.316 e. The monoisotopic (exact) mass is 216 g/mol. The van der Waals surface area contributed by atoms with Crippen LogP contribution in [0.4, 0.5) is 0 Å². The third-order valence-corrected chi connectivity index (χ3v) is 2.83. The molecule has 13 heavy (non-hydrogen) atoms. The van der Waals surface area contributed by atoms with Gasteiger partial charge >= 0.3 is 5.97 Å². The van der Waals surface area contributed by atoms with Gasteiger partial charge in [-0.05, 0) is 31.2 Å². The molecule has 0 fully saturated rings. The Kier molecular flexibility index (Phi) is 3.63. The molecule has 1 aromatic carbocycles. The Morgan fingerprint density at radius 2 is 2.00 bits per heavy atom. The summed E-state index contributed by atoms with van der Waals surface area (Å²) in [5.74, 6) is -0.806. The molecule has 0 aliphatic heterocycles. The molecule has 0 aromatic heterocycles. The van der Waals surface area contributed by atoms with Crippen LogP contribution in [0.15, 0.2) is 29.2 Å². The van der Waals surface area contributed by atoms with Gasteiger partial charge in [0, 0.05) is 9.92 Å². The second-order valence-electron chi connectivity index (χ2n) is 2.55. The molecule has 0 spiro atoms. The number of aliphatic carboxylic acids is 1. The van der Waals surface area contributed by atoms with E-state index in [2.05, 4.69) is 0 Å². The largest absolute Gasteiger partial charge is 0.480 e. The molecule has 1 atom stereocenters. The highest BCUT2D eigenvalue weighted by atomic mass is 35.5. The van der Waals surface area contributed by atoms with Gasteiger partial charge in [0.15, 0.2) is 0 Å². The first-order valence-corrected chi connectivity index (χ1v) is 5.00. The standard InChI is InChI=1S/C9H9ClO2S/c1-6(9(11)12)13-8-4-2-7(10)3-5-8/h2-6H,1H3,(H,11,12)/t6-/m1/s1. The lowest BCUT2D eigenvalue weighted by Crippen LogP contribution is -2.10. The molecule has 0 amide bonds. The van der Waals surface area contributed by atoms with Gasteiger partial charge < -0.3 is 5.11 Å². The number of hydrogen-bond donors (Lipinski definition) is 1. The maximum absolute atomic E-state index is 10.5. The lowest BCUT2D eigenvalue weighted by molar-refractivity contribution is -0.136. The van der Waals surface area contributed by atoms with E-state index in [0.29, 0.717) is 5.02 Å². The minimum atomic E-state index is -0.806. The molecule has 1 rings (SSSR count). The number of halogens is 1. The Hall–Kier alpha value is -0.670. The minimum Gasteiger partial charge on any atom is -0.480 e. The Balaban J connectivity index is 2.64. The number of carboxylic acid groups (broad SMARTS) is 1. The zero-order valence-electron chi connectivity index (χ0n) is 7.03. The van der Waals surface area contributed by atoms with Crippen molar-refractivity contribution in [3.8, 4) is 0 Å². The topological polar surface area (TPSA) is 37.3 Å². The maximum Gasteiger partial charge on any atom is 0.316 e. The van der Waals surface area contributed by atoms with E-state index in [1.165, 1.54) is 11.8 Å². The average molecular weight is 217 g/mol. The van der Waals surface area contributed by atoms with E-state index in [1.54, 1.807) is 19.1 Å². The first kappa shape index (κ1) is 10.4. The van der Waals surface area contributed by atoms with Crippen molar-refractivity contribution in [1.82, 2.24) is 0 Å². The predicted molar refractivity (Wildman–Crippen MR) is 54.4 cm³/mol. The second-order valence-corrected chi connectivity index (χ2v) is 4.40. The van der Waals surface area contributed by atoms with Crippen molar-refractivity contribution in [2.24, 2.45) is 0 Å². The number of thioether (sulfide) groups is 1. The van der Waals surface area contributed by atoms with Crippen LogP contribution in [0, 0.1) is 0 Å². The van der Waals surface area contributed by atoms with Gasteiger partial charge in [-0.15, -0.1) is 11.8 Å². The number of carboxylic acids is 1. The van der Waals surface area contributed by atoms with Crippen LogP contribution in [-0.2, 0) is 4.79 Å². The van der Waals surface area contributed by atoms with Gasteiger partial charge in [-0.3, -0.25) is 4.79 Å². The van der Waals surface area contributed by atoms with Gasteiger partial charge in [-0.25, -0.2) is 0 Å². The van der Waals surface area contributed by atoms with Crippen LogP contribution in [0.1, 0.15) is 6.92 Å². The van der Waals surface area contributed by atoms with E-state index in [1.807, 2.05) is 12.1 Å². The number of hydrogen-bond acceptors (Lipinski definition) is 2. The Labute approximate surface area is 85.9 Å². The van der Waals surface area contributed by atoms with Crippen molar-refractivity contribution in [3.63, 3.8) is 0 Å². The lowest BCUT2D eigenvalue weighted by Gasteiger charge is -2.05. The first-order valence-electron chi connectivity index (χ1n) is 3.74. The summed E-state index contributed by atoms with van der Waals surface area (Å²) >= 11 is 6.99. The van der Waals surface area contributed by atoms with Gasteiger partial charge in [0.2, 0.25) is 0 Å². The predicted octanol–water partition coefficient (Wildman–Crippen LogP) is 2.91. The fourth-order valence-electron chi connectivity index (χ4n) is 0.768. The normalized spacial score (nSPS) is 12.5. The molecule has 1 N–H and O–H groups in total. The molecular formula is C9H9ClO2S. The van der Waals surface area contributed by atoms with E-state index >= 15 is 0 Å². The van der Waals surface area contributed by atoms with Crippen LogP contribution in [0.2, 0.25) is 5.02 Å². The summed E-state index contributed by atoms with van der Waals surface area (Å²) in [4.78, 5) is 11.4. The molecule has 4 heteroatoms. The quantitative estimate of drug-likeness (QED) is 0.790. The number of benzene rings is 1. The number of rotatable bonds is 3. The van der Waals surface area contributed by atoms with Crippen molar-refractivity contribution in [2.45, 2.75) is 17.1 Å². The van der Waals surface area contributed by atoms with Gasteiger partial charge in [0.25, 0.3) is 0 Å². The average Bonchev–Trinajstić information content (AvgIpc) is 2.08. The lowest BCUT2D eigenvalue weighted by atomic mass is 10.4. The van der Waals surface area contributed by atoms with E-state index in [4.69, 9.17) is 16.7 Å². The maximum atomic E-state index is 10.5. The van der Waals surface area contributed by atoms with Crippen LogP contribution >= 0.6 is 23.4 Å². The SMILES string of the molecule is C[C@@H](Sc1ccc(Cl)cc1)C(=O)O. The summed E-state index contributed by atoms with van der Waals surface area (Å²) in [6, 6.07) is 7.12. The van der Waals surface area contributed by atoms with Crippen molar-refractivity contribution < 1.29 is 9.90 Å². The van der Waals surface area contributed by atoms with Gasteiger partial charge in [0.05, 0.1) is 0 Å². The summed E-state index contributed by atoms with van der Waals surface area (Å²) < 4.78 is 0. The van der Waals surface area contributed by atoms with Crippen LogP contribution < -0.4 is 0 Å². The highest BCUT2D eigenvalue weighted by molar-refractivity contribution is 8.00. The summed E-state index contributed by atoms with van der Waals surface area (Å²) in [5, 5.41) is 8.88. The van der Waals surface area contributed by atoms with Crippen LogP contribution in [0.3, 0.4) is 0 Å². The first-order chi connectivity index (χ1) is 6.09. The fourth-order valence-corrected chi connectivity index (χ4v) is 1.70. The van der Waals surface area contributed by atoms with Gasteiger partial charge in [-0.1, -0.05) is 11.6 Å². The molecular weight excluding hydrogens is 208 g/mol. The number of carbonyl (C=O) groups is 1. The third-order valence-electron chi connectivity index (χ3n) is 1.47. The Morgan fingerprint density at radius 3 is 2.46 bits per heavy atom. The summed E-state index contributed by atoms with van der Waals surface area (Å²) in [6.07, 6.45) is 0. The van der Waals surface area contributed by atoms with E-state index < -0.39 is 11.2 Å². The van der Waals surface area contributed by atoms with Crippen LogP contribution in [0.5, 0.6) is 0 Å².